The number of aryl methyl sites for hydroxylation is 2. The maximum absolute atomic E-state index is 6.29. The van der Waals surface area contributed by atoms with Crippen molar-refractivity contribution in [1.29, 1.82) is 0 Å². The van der Waals surface area contributed by atoms with Crippen molar-refractivity contribution in [2.45, 2.75) is 18.9 Å². The quantitative estimate of drug-likeness (QED) is 0.883. The maximum atomic E-state index is 6.29. The first-order valence-electron chi connectivity index (χ1n) is 6.95. The molecule has 0 unspecified atom stereocenters. The Labute approximate surface area is 123 Å². The van der Waals surface area contributed by atoms with Gasteiger partial charge >= 0.3 is 6.01 Å². The zero-order chi connectivity index (χ0) is 15.0. The number of aromatic nitrogens is 4. The lowest BCUT2D eigenvalue weighted by Crippen LogP contribution is -2.29. The van der Waals surface area contributed by atoms with Gasteiger partial charge in [0.25, 0.3) is 0 Å². The fourth-order valence-corrected chi connectivity index (χ4v) is 2.73. The molecule has 112 valence electrons. The molecule has 2 aromatic heterocycles. The van der Waals surface area contributed by atoms with E-state index in [0.717, 1.165) is 30.3 Å². The van der Waals surface area contributed by atoms with Gasteiger partial charge in [-0.05, 0) is 6.92 Å². The van der Waals surface area contributed by atoms with E-state index in [1.807, 2.05) is 37.1 Å². The maximum Gasteiger partial charge on any atom is 0.318 e. The Bertz CT molecular complexity index is 640. The average Bonchev–Trinajstić information content (AvgIpc) is 3.04. The summed E-state index contributed by atoms with van der Waals surface area (Å²) in [4.78, 5) is 15.2. The van der Waals surface area contributed by atoms with Crippen LogP contribution < -0.4 is 15.4 Å². The van der Waals surface area contributed by atoms with Crippen LogP contribution in [0.2, 0.25) is 0 Å². The van der Waals surface area contributed by atoms with E-state index in [2.05, 4.69) is 19.9 Å². The molecule has 1 fully saturated rings. The number of nitrogens with zero attached hydrogens (tertiary/aromatic N) is 5. The first-order valence-corrected chi connectivity index (χ1v) is 6.95. The molecule has 0 saturated carbocycles. The fraction of sp³-hybridized carbons (Fsp3) is 0.500. The summed E-state index contributed by atoms with van der Waals surface area (Å²) in [5, 5.41) is 0. The Kier molecular flexibility index (Phi) is 3.50. The van der Waals surface area contributed by atoms with Gasteiger partial charge in [-0.1, -0.05) is 0 Å². The van der Waals surface area contributed by atoms with Gasteiger partial charge in [0.1, 0.15) is 5.82 Å². The standard InChI is InChI=1S/C14H20N6O/c1-9-4-13(18-14(17-9)21-3)20-5-10(11(15)6-20)12-7-19(2)8-16-12/h4,7-8,10-11H,5-6,15H2,1-3H3/t10-,11-/m1/s1. The summed E-state index contributed by atoms with van der Waals surface area (Å²) >= 11 is 0. The predicted molar refractivity (Wildman–Crippen MR) is 79.5 cm³/mol. The van der Waals surface area contributed by atoms with Crippen molar-refractivity contribution in [3.8, 4) is 6.01 Å². The molecule has 1 aliphatic heterocycles. The summed E-state index contributed by atoms with van der Waals surface area (Å²) in [6.45, 7) is 3.48. The monoisotopic (exact) mass is 288 g/mol. The molecule has 0 radical (unpaired) electrons. The molecule has 3 rings (SSSR count). The van der Waals surface area contributed by atoms with Gasteiger partial charge in [-0.3, -0.25) is 0 Å². The molecule has 0 aliphatic carbocycles. The van der Waals surface area contributed by atoms with Crippen LogP contribution >= 0.6 is 0 Å². The first kappa shape index (κ1) is 13.8. The van der Waals surface area contributed by atoms with Crippen molar-refractivity contribution < 1.29 is 4.74 Å². The molecule has 0 bridgehead atoms. The summed E-state index contributed by atoms with van der Waals surface area (Å²) in [6.07, 6.45) is 3.84. The SMILES string of the molecule is COc1nc(C)cc(N2C[C@@H](N)[C@H](c3cn(C)cn3)C2)n1. The first-order chi connectivity index (χ1) is 10.1. The van der Waals surface area contributed by atoms with Crippen LogP contribution in [-0.4, -0.2) is 45.8 Å². The van der Waals surface area contributed by atoms with Crippen LogP contribution in [0.3, 0.4) is 0 Å². The van der Waals surface area contributed by atoms with Gasteiger partial charge in [-0.15, -0.1) is 0 Å². The van der Waals surface area contributed by atoms with E-state index >= 15 is 0 Å². The largest absolute Gasteiger partial charge is 0.467 e. The highest BCUT2D eigenvalue weighted by Crippen LogP contribution is 2.29. The minimum absolute atomic E-state index is 0.0427. The third-order valence-corrected chi connectivity index (χ3v) is 3.80. The number of hydrogen-bond donors (Lipinski definition) is 1. The van der Waals surface area contributed by atoms with Gasteiger partial charge in [0, 0.05) is 50.1 Å². The van der Waals surface area contributed by atoms with E-state index < -0.39 is 0 Å². The Balaban J connectivity index is 1.84. The fourth-order valence-electron chi connectivity index (χ4n) is 2.73. The number of rotatable bonds is 3. The van der Waals surface area contributed by atoms with Crippen molar-refractivity contribution in [1.82, 2.24) is 19.5 Å². The molecule has 7 heteroatoms. The van der Waals surface area contributed by atoms with Gasteiger partial charge in [-0.2, -0.15) is 4.98 Å². The number of ether oxygens (including phenoxy) is 1. The van der Waals surface area contributed by atoms with E-state index in [-0.39, 0.29) is 12.0 Å². The third kappa shape index (κ3) is 2.69. The molecule has 7 nitrogen and oxygen atoms in total. The van der Waals surface area contributed by atoms with Crippen molar-refractivity contribution >= 4 is 5.82 Å². The van der Waals surface area contributed by atoms with Crippen molar-refractivity contribution in [2.24, 2.45) is 12.8 Å². The summed E-state index contributed by atoms with van der Waals surface area (Å²) in [6, 6.07) is 2.39. The smallest absolute Gasteiger partial charge is 0.318 e. The highest BCUT2D eigenvalue weighted by atomic mass is 16.5. The molecular formula is C14H20N6O. The lowest BCUT2D eigenvalue weighted by molar-refractivity contribution is 0.379. The zero-order valence-electron chi connectivity index (χ0n) is 12.5. The highest BCUT2D eigenvalue weighted by molar-refractivity contribution is 5.44. The van der Waals surface area contributed by atoms with Crippen molar-refractivity contribution in [2.75, 3.05) is 25.1 Å². The van der Waals surface area contributed by atoms with Gasteiger partial charge in [0.05, 0.1) is 19.1 Å². The molecular weight excluding hydrogens is 268 g/mol. The van der Waals surface area contributed by atoms with E-state index in [4.69, 9.17) is 10.5 Å². The summed E-state index contributed by atoms with van der Waals surface area (Å²) < 4.78 is 7.09. The molecule has 21 heavy (non-hydrogen) atoms. The third-order valence-electron chi connectivity index (χ3n) is 3.80. The Morgan fingerprint density at radius 3 is 2.81 bits per heavy atom. The number of methoxy groups -OCH3 is 1. The van der Waals surface area contributed by atoms with Crippen LogP contribution in [0.5, 0.6) is 6.01 Å². The number of imidazole rings is 1. The molecule has 1 saturated heterocycles. The number of nitrogens with two attached hydrogens (primary N) is 1. The number of hydrogen-bond acceptors (Lipinski definition) is 6. The Morgan fingerprint density at radius 1 is 1.33 bits per heavy atom. The van der Waals surface area contributed by atoms with E-state index in [9.17, 15) is 0 Å². The van der Waals surface area contributed by atoms with Crippen LogP contribution in [0.25, 0.3) is 0 Å². The van der Waals surface area contributed by atoms with E-state index in [1.54, 1.807) is 7.11 Å². The molecule has 1 aliphatic rings. The van der Waals surface area contributed by atoms with Gasteiger partial charge in [0.2, 0.25) is 0 Å². The number of anilines is 1. The van der Waals surface area contributed by atoms with Crippen LogP contribution in [0.1, 0.15) is 17.3 Å². The van der Waals surface area contributed by atoms with Crippen LogP contribution in [0, 0.1) is 6.92 Å². The molecule has 2 N–H and O–H groups in total. The second-order valence-electron chi connectivity index (χ2n) is 5.49. The predicted octanol–water partition coefficient (Wildman–Crippen LogP) is 0.458. The normalized spacial score (nSPS) is 21.8. The summed E-state index contributed by atoms with van der Waals surface area (Å²) in [5.74, 6) is 1.07. The van der Waals surface area contributed by atoms with E-state index in [0.29, 0.717) is 6.01 Å². The van der Waals surface area contributed by atoms with Crippen LogP contribution in [0.15, 0.2) is 18.6 Å². The van der Waals surface area contributed by atoms with E-state index in [1.165, 1.54) is 0 Å². The second-order valence-corrected chi connectivity index (χ2v) is 5.49. The second kappa shape index (κ2) is 5.33. The van der Waals surface area contributed by atoms with Gasteiger partial charge in [0.15, 0.2) is 0 Å². The topological polar surface area (TPSA) is 82.1 Å². The van der Waals surface area contributed by atoms with Gasteiger partial charge in [-0.25, -0.2) is 9.97 Å². The zero-order valence-corrected chi connectivity index (χ0v) is 12.5. The highest BCUT2D eigenvalue weighted by Gasteiger charge is 2.33. The molecule has 0 amide bonds. The average molecular weight is 288 g/mol. The molecule has 3 heterocycles. The molecule has 0 aromatic carbocycles. The van der Waals surface area contributed by atoms with Crippen LogP contribution in [-0.2, 0) is 7.05 Å². The molecule has 0 spiro atoms. The minimum Gasteiger partial charge on any atom is -0.467 e. The Hall–Kier alpha value is -2.15. The lowest BCUT2D eigenvalue weighted by Gasteiger charge is -2.17. The summed E-state index contributed by atoms with van der Waals surface area (Å²) in [5.41, 5.74) is 8.20. The Morgan fingerprint density at radius 2 is 2.14 bits per heavy atom. The van der Waals surface area contributed by atoms with Crippen molar-refractivity contribution in [3.05, 3.63) is 30.0 Å². The minimum atomic E-state index is 0.0427. The van der Waals surface area contributed by atoms with Gasteiger partial charge < -0.3 is 19.9 Å². The molecule has 2 aromatic rings. The van der Waals surface area contributed by atoms with Crippen LogP contribution in [0.4, 0.5) is 5.82 Å². The molecule has 2 atom stereocenters. The lowest BCUT2D eigenvalue weighted by atomic mass is 10.0. The summed E-state index contributed by atoms with van der Waals surface area (Å²) in [7, 11) is 3.54. The van der Waals surface area contributed by atoms with Crippen molar-refractivity contribution in [3.63, 3.8) is 0 Å².